The standard InChI is InChI=1S/C15H9F2NO3/c16-11-4-5-13(12(6-11)15(19)20)21-8-10-3-1-2-9(7-18)14(10)17/h1-6H,8H2,(H,19,20). The van der Waals surface area contributed by atoms with Gasteiger partial charge < -0.3 is 9.84 Å². The number of ether oxygens (including phenoxy) is 1. The molecule has 2 rings (SSSR count). The van der Waals surface area contributed by atoms with Gasteiger partial charge in [-0.05, 0) is 24.3 Å². The van der Waals surface area contributed by atoms with Gasteiger partial charge >= 0.3 is 5.97 Å². The van der Waals surface area contributed by atoms with E-state index in [1.54, 1.807) is 6.07 Å². The zero-order valence-electron chi connectivity index (χ0n) is 10.6. The molecule has 0 saturated carbocycles. The third-order valence-corrected chi connectivity index (χ3v) is 2.75. The summed E-state index contributed by atoms with van der Waals surface area (Å²) in [6, 6.07) is 8.94. The molecule has 0 aliphatic rings. The molecule has 0 unspecified atom stereocenters. The molecule has 0 amide bonds. The van der Waals surface area contributed by atoms with Crippen LogP contribution < -0.4 is 4.74 Å². The van der Waals surface area contributed by atoms with Crippen LogP contribution in [0.25, 0.3) is 0 Å². The minimum Gasteiger partial charge on any atom is -0.488 e. The lowest BCUT2D eigenvalue weighted by Crippen LogP contribution is -2.05. The normalized spacial score (nSPS) is 9.95. The van der Waals surface area contributed by atoms with Crippen LogP contribution in [0.5, 0.6) is 5.75 Å². The molecular formula is C15H9F2NO3. The lowest BCUT2D eigenvalue weighted by molar-refractivity contribution is 0.0691. The Bertz CT molecular complexity index is 738. The summed E-state index contributed by atoms with van der Waals surface area (Å²) in [6.07, 6.45) is 0. The van der Waals surface area contributed by atoms with Crippen molar-refractivity contribution in [3.05, 3.63) is 64.7 Å². The summed E-state index contributed by atoms with van der Waals surface area (Å²) in [7, 11) is 0. The van der Waals surface area contributed by atoms with Crippen molar-refractivity contribution in [2.24, 2.45) is 0 Å². The second-order valence-corrected chi connectivity index (χ2v) is 4.12. The first-order valence-electron chi connectivity index (χ1n) is 5.86. The monoisotopic (exact) mass is 289 g/mol. The van der Waals surface area contributed by atoms with Crippen LogP contribution >= 0.6 is 0 Å². The first-order valence-corrected chi connectivity index (χ1v) is 5.86. The van der Waals surface area contributed by atoms with Crippen LogP contribution in [-0.4, -0.2) is 11.1 Å². The van der Waals surface area contributed by atoms with Crippen molar-refractivity contribution in [3.63, 3.8) is 0 Å². The summed E-state index contributed by atoms with van der Waals surface area (Å²) in [5, 5.41) is 17.7. The van der Waals surface area contributed by atoms with E-state index in [1.165, 1.54) is 18.2 Å². The number of nitriles is 1. The molecule has 0 heterocycles. The van der Waals surface area contributed by atoms with Gasteiger partial charge in [0.05, 0.1) is 5.56 Å². The molecular weight excluding hydrogens is 280 g/mol. The number of hydrogen-bond donors (Lipinski definition) is 1. The highest BCUT2D eigenvalue weighted by atomic mass is 19.1. The molecule has 0 aromatic heterocycles. The fraction of sp³-hybridized carbons (Fsp3) is 0.0667. The number of carbonyl (C=O) groups is 1. The molecule has 21 heavy (non-hydrogen) atoms. The van der Waals surface area contributed by atoms with Gasteiger partial charge in [0.2, 0.25) is 0 Å². The minimum absolute atomic E-state index is 0.0781. The van der Waals surface area contributed by atoms with Crippen LogP contribution in [0.3, 0.4) is 0 Å². The van der Waals surface area contributed by atoms with Gasteiger partial charge in [-0.15, -0.1) is 0 Å². The number of aromatic carboxylic acids is 1. The summed E-state index contributed by atoms with van der Waals surface area (Å²) in [6.45, 7) is -0.271. The summed E-state index contributed by atoms with van der Waals surface area (Å²) in [4.78, 5) is 11.0. The Morgan fingerprint density at radius 1 is 1.29 bits per heavy atom. The average molecular weight is 289 g/mol. The Hall–Kier alpha value is -2.94. The highest BCUT2D eigenvalue weighted by Gasteiger charge is 2.14. The first kappa shape index (κ1) is 14.5. The molecule has 2 aromatic rings. The SMILES string of the molecule is N#Cc1cccc(COc2ccc(F)cc2C(=O)O)c1F. The first-order chi connectivity index (χ1) is 10.0. The van der Waals surface area contributed by atoms with Gasteiger partial charge in [-0.1, -0.05) is 12.1 Å². The molecule has 1 N–H and O–H groups in total. The maximum atomic E-state index is 13.8. The largest absolute Gasteiger partial charge is 0.488 e. The van der Waals surface area contributed by atoms with Gasteiger partial charge in [-0.25, -0.2) is 13.6 Å². The molecule has 0 bridgehead atoms. The van der Waals surface area contributed by atoms with Crippen LogP contribution in [0.15, 0.2) is 36.4 Å². The van der Waals surface area contributed by atoms with Gasteiger partial charge in [0.1, 0.15) is 35.6 Å². The van der Waals surface area contributed by atoms with Crippen molar-refractivity contribution in [2.45, 2.75) is 6.61 Å². The van der Waals surface area contributed by atoms with Gasteiger partial charge in [0, 0.05) is 5.56 Å². The van der Waals surface area contributed by atoms with Crippen molar-refractivity contribution < 1.29 is 23.4 Å². The van der Waals surface area contributed by atoms with Gasteiger partial charge in [-0.3, -0.25) is 0 Å². The molecule has 0 fully saturated rings. The van der Waals surface area contributed by atoms with Crippen LogP contribution in [0, 0.1) is 23.0 Å². The van der Waals surface area contributed by atoms with E-state index >= 15 is 0 Å². The Labute approximate surface area is 118 Å². The Morgan fingerprint density at radius 3 is 2.71 bits per heavy atom. The zero-order chi connectivity index (χ0) is 15.4. The minimum atomic E-state index is -1.35. The number of carboxylic acid groups (broad SMARTS) is 1. The quantitative estimate of drug-likeness (QED) is 0.938. The molecule has 0 aliphatic heterocycles. The number of rotatable bonds is 4. The van der Waals surface area contributed by atoms with Crippen LogP contribution in [0.2, 0.25) is 0 Å². The average Bonchev–Trinajstić information content (AvgIpc) is 2.47. The summed E-state index contributed by atoms with van der Waals surface area (Å²) < 4.78 is 32.1. The second kappa shape index (κ2) is 6.01. The van der Waals surface area contributed by atoms with Gasteiger partial charge in [-0.2, -0.15) is 5.26 Å². The van der Waals surface area contributed by atoms with Crippen LogP contribution in [0.1, 0.15) is 21.5 Å². The fourth-order valence-corrected chi connectivity index (χ4v) is 1.73. The van der Waals surface area contributed by atoms with Gasteiger partial charge in [0.15, 0.2) is 0 Å². The predicted molar refractivity (Wildman–Crippen MR) is 68.8 cm³/mol. The fourth-order valence-electron chi connectivity index (χ4n) is 1.73. The van der Waals surface area contributed by atoms with Crippen molar-refractivity contribution in [1.29, 1.82) is 5.26 Å². The summed E-state index contributed by atoms with van der Waals surface area (Å²) in [5.74, 6) is -2.86. The third-order valence-electron chi connectivity index (χ3n) is 2.75. The number of carboxylic acids is 1. The maximum absolute atomic E-state index is 13.8. The Balaban J connectivity index is 2.25. The van der Waals surface area contributed by atoms with E-state index in [0.717, 1.165) is 18.2 Å². The highest BCUT2D eigenvalue weighted by Crippen LogP contribution is 2.22. The van der Waals surface area contributed by atoms with Crippen molar-refractivity contribution in [3.8, 4) is 11.8 Å². The molecule has 0 saturated heterocycles. The van der Waals surface area contributed by atoms with Crippen molar-refractivity contribution in [1.82, 2.24) is 0 Å². The number of nitrogens with zero attached hydrogens (tertiary/aromatic N) is 1. The van der Waals surface area contributed by atoms with E-state index in [-0.39, 0.29) is 29.0 Å². The smallest absolute Gasteiger partial charge is 0.339 e. The number of halogens is 2. The molecule has 4 nitrogen and oxygen atoms in total. The van der Waals surface area contributed by atoms with E-state index in [4.69, 9.17) is 15.1 Å². The van der Waals surface area contributed by atoms with Crippen molar-refractivity contribution >= 4 is 5.97 Å². The summed E-state index contributed by atoms with van der Waals surface area (Å²) in [5.41, 5.74) is -0.379. The molecule has 0 aliphatic carbocycles. The molecule has 0 radical (unpaired) electrons. The van der Waals surface area contributed by atoms with E-state index in [1.807, 2.05) is 0 Å². The molecule has 2 aromatic carbocycles. The predicted octanol–water partition coefficient (Wildman–Crippen LogP) is 3.11. The topological polar surface area (TPSA) is 70.3 Å². The highest BCUT2D eigenvalue weighted by molar-refractivity contribution is 5.90. The second-order valence-electron chi connectivity index (χ2n) is 4.12. The molecule has 6 heteroatoms. The van der Waals surface area contributed by atoms with Crippen LogP contribution in [0.4, 0.5) is 8.78 Å². The Morgan fingerprint density at radius 2 is 2.05 bits per heavy atom. The van der Waals surface area contributed by atoms with Crippen molar-refractivity contribution in [2.75, 3.05) is 0 Å². The zero-order valence-corrected chi connectivity index (χ0v) is 10.6. The summed E-state index contributed by atoms with van der Waals surface area (Å²) >= 11 is 0. The molecule has 0 atom stereocenters. The Kier molecular flexibility index (Phi) is 4.14. The van der Waals surface area contributed by atoms with E-state index in [2.05, 4.69) is 0 Å². The van der Waals surface area contributed by atoms with Crippen LogP contribution in [-0.2, 0) is 6.61 Å². The molecule has 0 spiro atoms. The number of benzene rings is 2. The lowest BCUT2D eigenvalue weighted by Gasteiger charge is -2.10. The lowest BCUT2D eigenvalue weighted by atomic mass is 10.1. The van der Waals surface area contributed by atoms with E-state index in [0.29, 0.717) is 0 Å². The van der Waals surface area contributed by atoms with E-state index in [9.17, 15) is 13.6 Å². The third kappa shape index (κ3) is 3.15. The molecule has 106 valence electrons. The van der Waals surface area contributed by atoms with E-state index < -0.39 is 17.6 Å². The van der Waals surface area contributed by atoms with Gasteiger partial charge in [0.25, 0.3) is 0 Å². The maximum Gasteiger partial charge on any atom is 0.339 e. The number of hydrogen-bond acceptors (Lipinski definition) is 3.